The maximum atomic E-state index is 12.3. The summed E-state index contributed by atoms with van der Waals surface area (Å²) in [5, 5.41) is 1.71. The Morgan fingerprint density at radius 1 is 1.38 bits per heavy atom. The lowest BCUT2D eigenvalue weighted by atomic mass is 10.2. The Morgan fingerprint density at radius 3 is 2.71 bits per heavy atom. The summed E-state index contributed by atoms with van der Waals surface area (Å²) in [5.41, 5.74) is 1.19. The maximum absolute atomic E-state index is 12.3. The van der Waals surface area contributed by atoms with Crippen molar-refractivity contribution >= 4 is 54.6 Å². The van der Waals surface area contributed by atoms with E-state index in [9.17, 15) is 8.42 Å². The summed E-state index contributed by atoms with van der Waals surface area (Å²) in [4.78, 5) is 0. The molecule has 0 fully saturated rings. The van der Waals surface area contributed by atoms with Crippen molar-refractivity contribution in [2.75, 3.05) is 11.3 Å². The number of alkyl halides is 1. The van der Waals surface area contributed by atoms with E-state index in [1.54, 1.807) is 29.6 Å². The molecule has 1 heterocycles. The fourth-order valence-corrected chi connectivity index (χ4v) is 5.31. The number of nitrogens with one attached hydrogen (secondary N) is 1. The van der Waals surface area contributed by atoms with Crippen LogP contribution in [0.1, 0.15) is 12.5 Å². The van der Waals surface area contributed by atoms with E-state index in [0.29, 0.717) is 22.5 Å². The average molecular weight is 411 g/mol. The van der Waals surface area contributed by atoms with Gasteiger partial charge in [0.25, 0.3) is 10.0 Å². The first-order chi connectivity index (χ1) is 9.97. The summed E-state index contributed by atoms with van der Waals surface area (Å²) in [6.45, 7) is 2.40. The molecule has 0 unspecified atom stereocenters. The standard InChI is InChI=1S/C13H13BrClNO3S2/c1-2-19-12-4-3-10(7-9(12)8-15)16-21(17,18)13-11(14)5-6-20-13/h3-7,16H,2,8H2,1H3. The molecule has 1 aromatic heterocycles. The van der Waals surface area contributed by atoms with Crippen molar-refractivity contribution in [2.45, 2.75) is 17.0 Å². The maximum Gasteiger partial charge on any atom is 0.272 e. The van der Waals surface area contributed by atoms with Crippen molar-refractivity contribution < 1.29 is 13.2 Å². The molecule has 8 heteroatoms. The van der Waals surface area contributed by atoms with Crippen molar-refractivity contribution in [3.63, 3.8) is 0 Å². The minimum Gasteiger partial charge on any atom is -0.494 e. The number of rotatable bonds is 6. The molecule has 2 rings (SSSR count). The highest BCUT2D eigenvalue weighted by molar-refractivity contribution is 9.10. The predicted molar refractivity (Wildman–Crippen MR) is 90.0 cm³/mol. The van der Waals surface area contributed by atoms with Crippen molar-refractivity contribution in [1.82, 2.24) is 0 Å². The molecule has 114 valence electrons. The van der Waals surface area contributed by atoms with Crippen LogP contribution in [0.15, 0.2) is 38.3 Å². The van der Waals surface area contributed by atoms with Gasteiger partial charge in [-0.05, 0) is 52.5 Å². The third-order valence-electron chi connectivity index (χ3n) is 2.59. The highest BCUT2D eigenvalue weighted by Crippen LogP contribution is 2.31. The van der Waals surface area contributed by atoms with Crippen LogP contribution in [0.2, 0.25) is 0 Å². The van der Waals surface area contributed by atoms with Gasteiger partial charge in [0.05, 0.1) is 12.5 Å². The fraction of sp³-hybridized carbons (Fsp3) is 0.231. The minimum atomic E-state index is -3.61. The normalized spacial score (nSPS) is 11.4. The quantitative estimate of drug-likeness (QED) is 0.716. The van der Waals surface area contributed by atoms with Gasteiger partial charge in [-0.3, -0.25) is 4.72 Å². The third kappa shape index (κ3) is 3.91. The second-order valence-corrected chi connectivity index (χ2v) is 7.97. The number of hydrogen-bond acceptors (Lipinski definition) is 4. The first kappa shape index (κ1) is 16.6. The second kappa shape index (κ2) is 7.00. The SMILES string of the molecule is CCOc1ccc(NS(=O)(=O)c2sccc2Br)cc1CCl. The Labute approximate surface area is 141 Å². The van der Waals surface area contributed by atoms with Crippen LogP contribution < -0.4 is 9.46 Å². The lowest BCUT2D eigenvalue weighted by Crippen LogP contribution is -2.12. The fourth-order valence-electron chi connectivity index (χ4n) is 1.72. The molecular weight excluding hydrogens is 398 g/mol. The van der Waals surface area contributed by atoms with Gasteiger partial charge in [0.1, 0.15) is 5.75 Å². The zero-order valence-corrected chi connectivity index (χ0v) is 15.1. The van der Waals surface area contributed by atoms with Crippen LogP contribution in [0.4, 0.5) is 5.69 Å². The van der Waals surface area contributed by atoms with E-state index >= 15 is 0 Å². The lowest BCUT2D eigenvalue weighted by molar-refractivity contribution is 0.337. The molecule has 2 aromatic rings. The molecule has 0 bridgehead atoms. The van der Waals surface area contributed by atoms with E-state index < -0.39 is 10.0 Å². The molecular formula is C13H13BrClNO3S2. The van der Waals surface area contributed by atoms with Crippen LogP contribution in [0.25, 0.3) is 0 Å². The molecule has 1 N–H and O–H groups in total. The zero-order chi connectivity index (χ0) is 15.5. The highest BCUT2D eigenvalue weighted by atomic mass is 79.9. The van der Waals surface area contributed by atoms with Gasteiger partial charge in [-0.1, -0.05) is 0 Å². The van der Waals surface area contributed by atoms with E-state index in [2.05, 4.69) is 20.7 Å². The number of hydrogen-bond donors (Lipinski definition) is 1. The number of thiophene rings is 1. The molecule has 0 aliphatic rings. The molecule has 0 aliphatic heterocycles. The van der Waals surface area contributed by atoms with Gasteiger partial charge >= 0.3 is 0 Å². The zero-order valence-electron chi connectivity index (χ0n) is 11.1. The van der Waals surface area contributed by atoms with Crippen molar-refractivity contribution in [1.29, 1.82) is 0 Å². The summed E-state index contributed by atoms with van der Waals surface area (Å²) >= 11 is 10.2. The first-order valence-corrected chi connectivity index (χ1v) is 9.74. The molecule has 4 nitrogen and oxygen atoms in total. The Bertz CT molecular complexity index is 731. The van der Waals surface area contributed by atoms with Crippen molar-refractivity contribution in [3.05, 3.63) is 39.7 Å². The highest BCUT2D eigenvalue weighted by Gasteiger charge is 2.19. The summed E-state index contributed by atoms with van der Waals surface area (Å²) in [7, 11) is -3.61. The Kier molecular flexibility index (Phi) is 5.54. The van der Waals surface area contributed by atoms with Gasteiger partial charge in [0.15, 0.2) is 4.21 Å². The van der Waals surface area contributed by atoms with Crippen LogP contribution in [-0.4, -0.2) is 15.0 Å². The molecule has 0 saturated carbocycles. The van der Waals surface area contributed by atoms with Crippen molar-refractivity contribution in [2.24, 2.45) is 0 Å². The van der Waals surface area contributed by atoms with E-state index in [0.717, 1.165) is 16.9 Å². The number of ether oxygens (including phenoxy) is 1. The topological polar surface area (TPSA) is 55.4 Å². The van der Waals surface area contributed by atoms with E-state index in [4.69, 9.17) is 16.3 Å². The van der Waals surface area contributed by atoms with Gasteiger partial charge in [-0.15, -0.1) is 22.9 Å². The molecule has 0 saturated heterocycles. The number of sulfonamides is 1. The van der Waals surface area contributed by atoms with Gasteiger partial charge in [-0.25, -0.2) is 8.42 Å². The Morgan fingerprint density at radius 2 is 2.14 bits per heavy atom. The molecule has 0 amide bonds. The molecule has 21 heavy (non-hydrogen) atoms. The summed E-state index contributed by atoms with van der Waals surface area (Å²) in [6, 6.07) is 6.74. The number of halogens is 2. The van der Waals surface area contributed by atoms with Crippen LogP contribution in [-0.2, 0) is 15.9 Å². The minimum absolute atomic E-state index is 0.240. The van der Waals surface area contributed by atoms with E-state index in [-0.39, 0.29) is 10.1 Å². The van der Waals surface area contributed by atoms with Gasteiger partial charge in [-0.2, -0.15) is 0 Å². The van der Waals surface area contributed by atoms with Gasteiger partial charge in [0.2, 0.25) is 0 Å². The molecule has 1 aromatic carbocycles. The molecule has 0 atom stereocenters. The predicted octanol–water partition coefficient (Wildman–Crippen LogP) is 4.45. The summed E-state index contributed by atoms with van der Waals surface area (Å²) < 4.78 is 33.4. The van der Waals surface area contributed by atoms with Crippen LogP contribution >= 0.6 is 38.9 Å². The molecule has 0 radical (unpaired) electrons. The van der Waals surface area contributed by atoms with E-state index in [1.807, 2.05) is 6.92 Å². The molecule has 0 spiro atoms. The van der Waals surface area contributed by atoms with Crippen LogP contribution in [0.3, 0.4) is 0 Å². The second-order valence-electron chi connectivity index (χ2n) is 4.05. The molecule has 0 aliphatic carbocycles. The summed E-state index contributed by atoms with van der Waals surface area (Å²) in [5.74, 6) is 0.904. The number of anilines is 1. The van der Waals surface area contributed by atoms with Gasteiger partial charge < -0.3 is 4.74 Å². The lowest BCUT2D eigenvalue weighted by Gasteiger charge is -2.12. The Balaban J connectivity index is 2.30. The largest absolute Gasteiger partial charge is 0.494 e. The van der Waals surface area contributed by atoms with Gasteiger partial charge in [0, 0.05) is 15.7 Å². The van der Waals surface area contributed by atoms with Crippen LogP contribution in [0.5, 0.6) is 5.75 Å². The number of benzene rings is 1. The average Bonchev–Trinajstić information content (AvgIpc) is 2.87. The first-order valence-electron chi connectivity index (χ1n) is 6.05. The summed E-state index contributed by atoms with van der Waals surface area (Å²) in [6.07, 6.45) is 0. The van der Waals surface area contributed by atoms with E-state index in [1.165, 1.54) is 0 Å². The Hall–Kier alpha value is -0.760. The smallest absolute Gasteiger partial charge is 0.272 e. The van der Waals surface area contributed by atoms with Crippen molar-refractivity contribution in [3.8, 4) is 5.75 Å². The van der Waals surface area contributed by atoms with Crippen LogP contribution in [0, 0.1) is 0 Å². The monoisotopic (exact) mass is 409 g/mol. The third-order valence-corrected chi connectivity index (χ3v) is 6.92.